The summed E-state index contributed by atoms with van der Waals surface area (Å²) in [6, 6.07) is 14.1. The van der Waals surface area contributed by atoms with Gasteiger partial charge in [-0.2, -0.15) is 0 Å². The van der Waals surface area contributed by atoms with Gasteiger partial charge in [-0.25, -0.2) is 0 Å². The molecule has 0 aliphatic carbocycles. The molecule has 4 heteroatoms. The summed E-state index contributed by atoms with van der Waals surface area (Å²) in [6.45, 7) is 7.32. The second kappa shape index (κ2) is 7.27. The predicted molar refractivity (Wildman–Crippen MR) is 112 cm³/mol. The van der Waals surface area contributed by atoms with Crippen LogP contribution in [-0.2, 0) is 0 Å². The van der Waals surface area contributed by atoms with E-state index >= 15 is 0 Å². The van der Waals surface area contributed by atoms with E-state index in [0.717, 1.165) is 34.9 Å². The van der Waals surface area contributed by atoms with Crippen molar-refractivity contribution < 1.29 is 9.59 Å². The Kier molecular flexibility index (Phi) is 4.80. The summed E-state index contributed by atoms with van der Waals surface area (Å²) in [6.07, 6.45) is 1.44. The molecule has 4 rings (SSSR count). The number of aromatic amines is 1. The molecule has 28 heavy (non-hydrogen) atoms. The van der Waals surface area contributed by atoms with Gasteiger partial charge >= 0.3 is 0 Å². The van der Waals surface area contributed by atoms with Gasteiger partial charge in [-0.05, 0) is 57.4 Å². The monoisotopic (exact) mass is 374 g/mol. The fourth-order valence-corrected chi connectivity index (χ4v) is 4.19. The van der Waals surface area contributed by atoms with Crippen molar-refractivity contribution in [2.24, 2.45) is 5.92 Å². The second-order valence-corrected chi connectivity index (χ2v) is 8.02. The van der Waals surface area contributed by atoms with Gasteiger partial charge in [0.25, 0.3) is 5.91 Å². The molecule has 0 saturated carbocycles. The van der Waals surface area contributed by atoms with Crippen LogP contribution in [-0.4, -0.2) is 34.7 Å². The maximum atomic E-state index is 12.9. The van der Waals surface area contributed by atoms with E-state index in [1.807, 2.05) is 56.0 Å². The lowest BCUT2D eigenvalue weighted by Gasteiger charge is -2.31. The molecule has 1 aliphatic heterocycles. The van der Waals surface area contributed by atoms with Crippen LogP contribution in [0.4, 0.5) is 0 Å². The number of hydrogen-bond donors (Lipinski definition) is 1. The molecule has 1 fully saturated rings. The summed E-state index contributed by atoms with van der Waals surface area (Å²) in [5.74, 6) is 0.229. The highest BCUT2D eigenvalue weighted by molar-refractivity contribution is 6.00. The summed E-state index contributed by atoms with van der Waals surface area (Å²) in [5, 5.41) is 1.06. The van der Waals surface area contributed by atoms with Gasteiger partial charge in [-0.15, -0.1) is 0 Å². The number of carbonyl (C=O) groups excluding carboxylic acids is 2. The molecule has 2 aromatic carbocycles. The number of hydrogen-bond acceptors (Lipinski definition) is 2. The average Bonchev–Trinajstić information content (AvgIpc) is 3.10. The van der Waals surface area contributed by atoms with Crippen LogP contribution < -0.4 is 0 Å². The Labute approximate surface area is 165 Å². The number of carbonyl (C=O) groups is 2. The normalized spacial score (nSPS) is 15.2. The van der Waals surface area contributed by atoms with E-state index in [0.29, 0.717) is 18.8 Å². The van der Waals surface area contributed by atoms with Crippen molar-refractivity contribution in [2.45, 2.75) is 33.6 Å². The lowest BCUT2D eigenvalue weighted by molar-refractivity contribution is 0.0646. The summed E-state index contributed by atoms with van der Waals surface area (Å²) in [7, 11) is 0. The number of aryl methyl sites for hydroxylation is 3. The van der Waals surface area contributed by atoms with E-state index in [9.17, 15) is 9.59 Å². The minimum absolute atomic E-state index is 0.00387. The number of piperidine rings is 1. The Morgan fingerprint density at radius 2 is 1.61 bits per heavy atom. The van der Waals surface area contributed by atoms with Gasteiger partial charge in [0.05, 0.1) is 0 Å². The maximum absolute atomic E-state index is 12.9. The molecule has 1 amide bonds. The van der Waals surface area contributed by atoms with Crippen molar-refractivity contribution in [1.29, 1.82) is 0 Å². The fraction of sp³-hybridized carbons (Fsp3) is 0.333. The van der Waals surface area contributed by atoms with Crippen LogP contribution >= 0.6 is 0 Å². The second-order valence-electron chi connectivity index (χ2n) is 8.02. The Balaban J connectivity index is 1.44. The van der Waals surface area contributed by atoms with Gasteiger partial charge < -0.3 is 9.88 Å². The lowest BCUT2D eigenvalue weighted by atomic mass is 9.87. The molecule has 0 bridgehead atoms. The standard InChI is InChI=1S/C24H26N2O2/c1-15-4-6-20(17(3)12-15)23(27)18-8-10-26(11-9-18)24(28)22-14-19-13-16(2)5-7-21(19)25-22/h4-7,12-14,18,25H,8-11H2,1-3H3. The van der Waals surface area contributed by atoms with E-state index in [4.69, 9.17) is 0 Å². The number of H-pyrrole nitrogens is 1. The van der Waals surface area contributed by atoms with Crippen molar-refractivity contribution in [3.63, 3.8) is 0 Å². The van der Waals surface area contributed by atoms with Gasteiger partial charge in [-0.3, -0.25) is 9.59 Å². The first-order valence-electron chi connectivity index (χ1n) is 9.92. The van der Waals surface area contributed by atoms with Crippen molar-refractivity contribution in [3.05, 3.63) is 70.4 Å². The molecule has 0 unspecified atom stereocenters. The van der Waals surface area contributed by atoms with Crippen LogP contribution in [0.15, 0.2) is 42.5 Å². The van der Waals surface area contributed by atoms with E-state index in [-0.39, 0.29) is 17.6 Å². The van der Waals surface area contributed by atoms with E-state index in [1.54, 1.807) is 0 Å². The number of fused-ring (bicyclic) bond motifs is 1. The average molecular weight is 374 g/mol. The zero-order valence-corrected chi connectivity index (χ0v) is 16.7. The fourth-order valence-electron chi connectivity index (χ4n) is 4.19. The Morgan fingerprint density at radius 3 is 2.32 bits per heavy atom. The highest BCUT2D eigenvalue weighted by Crippen LogP contribution is 2.25. The minimum Gasteiger partial charge on any atom is -0.351 e. The summed E-state index contributed by atoms with van der Waals surface area (Å²) in [5.41, 5.74) is 5.81. The van der Waals surface area contributed by atoms with Crippen LogP contribution in [0.2, 0.25) is 0 Å². The first-order chi connectivity index (χ1) is 13.4. The van der Waals surface area contributed by atoms with E-state index < -0.39 is 0 Å². The van der Waals surface area contributed by atoms with Crippen molar-refractivity contribution in [1.82, 2.24) is 9.88 Å². The first-order valence-corrected chi connectivity index (χ1v) is 9.92. The smallest absolute Gasteiger partial charge is 0.270 e. The molecule has 1 N–H and O–H groups in total. The van der Waals surface area contributed by atoms with Gasteiger partial charge in [0, 0.05) is 35.5 Å². The highest BCUT2D eigenvalue weighted by atomic mass is 16.2. The van der Waals surface area contributed by atoms with Crippen molar-refractivity contribution >= 4 is 22.6 Å². The molecule has 0 spiro atoms. The highest BCUT2D eigenvalue weighted by Gasteiger charge is 2.29. The van der Waals surface area contributed by atoms with Crippen LogP contribution in [0, 0.1) is 26.7 Å². The van der Waals surface area contributed by atoms with Crippen LogP contribution in [0.5, 0.6) is 0 Å². The molecule has 3 aromatic rings. The largest absolute Gasteiger partial charge is 0.351 e. The van der Waals surface area contributed by atoms with Crippen LogP contribution in [0.1, 0.15) is 50.4 Å². The number of nitrogens with zero attached hydrogens (tertiary/aromatic N) is 1. The Hall–Kier alpha value is -2.88. The van der Waals surface area contributed by atoms with Crippen molar-refractivity contribution in [2.75, 3.05) is 13.1 Å². The number of rotatable bonds is 3. The topological polar surface area (TPSA) is 53.2 Å². The molecular weight excluding hydrogens is 348 g/mol. The number of benzene rings is 2. The zero-order valence-electron chi connectivity index (χ0n) is 16.7. The molecule has 1 aromatic heterocycles. The molecule has 0 radical (unpaired) electrons. The number of Topliss-reactive ketones (excluding diaryl/α,β-unsaturated/α-hetero) is 1. The first kappa shape index (κ1) is 18.5. The number of ketones is 1. The third kappa shape index (κ3) is 3.47. The Bertz CT molecular complexity index is 1060. The summed E-state index contributed by atoms with van der Waals surface area (Å²) < 4.78 is 0. The lowest BCUT2D eigenvalue weighted by Crippen LogP contribution is -2.40. The van der Waals surface area contributed by atoms with Gasteiger partial charge in [0.15, 0.2) is 5.78 Å². The number of nitrogens with one attached hydrogen (secondary N) is 1. The molecule has 2 heterocycles. The quantitative estimate of drug-likeness (QED) is 0.668. The van der Waals surface area contributed by atoms with Crippen LogP contribution in [0.25, 0.3) is 10.9 Å². The third-order valence-electron chi connectivity index (χ3n) is 5.81. The molecule has 144 valence electrons. The predicted octanol–water partition coefficient (Wildman–Crippen LogP) is 4.83. The summed E-state index contributed by atoms with van der Waals surface area (Å²) in [4.78, 5) is 30.9. The Morgan fingerprint density at radius 1 is 0.929 bits per heavy atom. The maximum Gasteiger partial charge on any atom is 0.270 e. The van der Waals surface area contributed by atoms with Crippen LogP contribution in [0.3, 0.4) is 0 Å². The van der Waals surface area contributed by atoms with E-state index in [1.165, 1.54) is 11.1 Å². The SMILES string of the molecule is Cc1ccc(C(=O)C2CCN(C(=O)c3cc4cc(C)ccc4[nH]3)CC2)c(C)c1. The molecule has 1 aliphatic rings. The minimum atomic E-state index is -0.00387. The molecule has 4 nitrogen and oxygen atoms in total. The molecular formula is C24H26N2O2. The third-order valence-corrected chi connectivity index (χ3v) is 5.81. The van der Waals surface area contributed by atoms with Crippen molar-refractivity contribution in [3.8, 4) is 0 Å². The van der Waals surface area contributed by atoms with E-state index in [2.05, 4.69) is 17.1 Å². The molecule has 1 saturated heterocycles. The number of aromatic nitrogens is 1. The zero-order chi connectivity index (χ0) is 19.8. The number of amides is 1. The molecule has 0 atom stereocenters. The van der Waals surface area contributed by atoms with Gasteiger partial charge in [0.1, 0.15) is 5.69 Å². The van der Waals surface area contributed by atoms with Gasteiger partial charge in [-0.1, -0.05) is 35.4 Å². The summed E-state index contributed by atoms with van der Waals surface area (Å²) >= 11 is 0. The number of likely N-dealkylation sites (tertiary alicyclic amines) is 1. The van der Waals surface area contributed by atoms with Gasteiger partial charge in [0.2, 0.25) is 0 Å².